The van der Waals surface area contributed by atoms with Crippen molar-refractivity contribution in [2.45, 2.75) is 32.1 Å². The molecule has 94 valence electrons. The van der Waals surface area contributed by atoms with Crippen LogP contribution in [0.2, 0.25) is 0 Å². The maximum Gasteiger partial charge on any atom is 0.119 e. The molecular weight excluding hydrogens is 210 g/mol. The first-order valence-corrected chi connectivity index (χ1v) is 6.39. The van der Waals surface area contributed by atoms with Crippen molar-refractivity contribution in [1.29, 1.82) is 0 Å². The molecule has 1 aromatic rings. The summed E-state index contributed by atoms with van der Waals surface area (Å²) in [5, 5.41) is 0. The molecule has 0 atom stereocenters. The number of benzene rings is 1. The molecule has 0 aliphatic heterocycles. The third kappa shape index (κ3) is 6.12. The minimum Gasteiger partial charge on any atom is -0.494 e. The van der Waals surface area contributed by atoms with E-state index in [0.29, 0.717) is 6.54 Å². The van der Waals surface area contributed by atoms with E-state index >= 15 is 0 Å². The number of hydrogen-bond acceptors (Lipinski definition) is 2. The molecule has 0 saturated carbocycles. The molecule has 2 N–H and O–H groups in total. The lowest BCUT2D eigenvalue weighted by Crippen LogP contribution is -2.03. The average Bonchev–Trinajstić information content (AvgIpc) is 2.35. The van der Waals surface area contributed by atoms with Gasteiger partial charge in [-0.3, -0.25) is 0 Å². The van der Waals surface area contributed by atoms with Crippen molar-refractivity contribution in [3.63, 3.8) is 0 Å². The fourth-order valence-electron chi connectivity index (χ4n) is 1.71. The SMILES string of the molecule is C=CCCCCCOc1cccc(CCN)c1. The van der Waals surface area contributed by atoms with Crippen molar-refractivity contribution < 1.29 is 4.74 Å². The van der Waals surface area contributed by atoms with Crippen LogP contribution in [0.4, 0.5) is 0 Å². The standard InChI is InChI=1S/C15H23NO/c1-2-3-4-5-6-12-17-15-9-7-8-14(13-15)10-11-16/h2,7-9,13H,1,3-6,10-12,16H2. The summed E-state index contributed by atoms with van der Waals surface area (Å²) in [5.74, 6) is 0.958. The summed E-state index contributed by atoms with van der Waals surface area (Å²) in [6, 6.07) is 8.20. The molecule has 0 saturated heterocycles. The quantitative estimate of drug-likeness (QED) is 0.524. The summed E-state index contributed by atoms with van der Waals surface area (Å²) in [6.07, 6.45) is 7.50. The van der Waals surface area contributed by atoms with E-state index in [1.165, 1.54) is 18.4 Å². The van der Waals surface area contributed by atoms with Gasteiger partial charge in [0.2, 0.25) is 0 Å². The molecule has 0 aliphatic carbocycles. The predicted molar refractivity (Wildman–Crippen MR) is 73.4 cm³/mol. The van der Waals surface area contributed by atoms with Gasteiger partial charge in [-0.15, -0.1) is 6.58 Å². The molecule has 0 aliphatic rings. The summed E-state index contributed by atoms with van der Waals surface area (Å²) in [7, 11) is 0. The molecule has 0 aromatic heterocycles. The Labute approximate surface area is 104 Å². The van der Waals surface area contributed by atoms with E-state index in [9.17, 15) is 0 Å². The molecule has 0 unspecified atom stereocenters. The fourth-order valence-corrected chi connectivity index (χ4v) is 1.71. The summed E-state index contributed by atoms with van der Waals surface area (Å²) in [6.45, 7) is 5.19. The zero-order valence-electron chi connectivity index (χ0n) is 10.5. The van der Waals surface area contributed by atoms with Crippen molar-refractivity contribution in [1.82, 2.24) is 0 Å². The van der Waals surface area contributed by atoms with E-state index in [4.69, 9.17) is 10.5 Å². The molecular formula is C15H23NO. The number of hydrogen-bond donors (Lipinski definition) is 1. The van der Waals surface area contributed by atoms with Crippen molar-refractivity contribution in [3.05, 3.63) is 42.5 Å². The van der Waals surface area contributed by atoms with Crippen LogP contribution in [0.15, 0.2) is 36.9 Å². The van der Waals surface area contributed by atoms with Gasteiger partial charge in [0.25, 0.3) is 0 Å². The Hall–Kier alpha value is -1.28. The second-order valence-corrected chi connectivity index (χ2v) is 4.17. The third-order valence-electron chi connectivity index (χ3n) is 2.65. The molecule has 0 bridgehead atoms. The summed E-state index contributed by atoms with van der Waals surface area (Å²) < 4.78 is 5.71. The summed E-state index contributed by atoms with van der Waals surface area (Å²) >= 11 is 0. The highest BCUT2D eigenvalue weighted by Crippen LogP contribution is 2.14. The minimum absolute atomic E-state index is 0.686. The van der Waals surface area contributed by atoms with Crippen LogP contribution in [0.25, 0.3) is 0 Å². The minimum atomic E-state index is 0.686. The van der Waals surface area contributed by atoms with Crippen molar-refractivity contribution >= 4 is 0 Å². The van der Waals surface area contributed by atoms with Gasteiger partial charge in [-0.25, -0.2) is 0 Å². The van der Waals surface area contributed by atoms with Crippen molar-refractivity contribution in [2.24, 2.45) is 5.73 Å². The maximum atomic E-state index is 5.71. The van der Waals surface area contributed by atoms with Crippen LogP contribution < -0.4 is 10.5 Å². The highest BCUT2D eigenvalue weighted by atomic mass is 16.5. The van der Waals surface area contributed by atoms with E-state index in [1.54, 1.807) is 0 Å². The fraction of sp³-hybridized carbons (Fsp3) is 0.467. The molecule has 0 spiro atoms. The van der Waals surface area contributed by atoms with Crippen molar-refractivity contribution in [2.75, 3.05) is 13.2 Å². The Morgan fingerprint density at radius 3 is 2.88 bits per heavy atom. The molecule has 17 heavy (non-hydrogen) atoms. The van der Waals surface area contributed by atoms with Crippen LogP contribution >= 0.6 is 0 Å². The van der Waals surface area contributed by atoms with Crippen LogP contribution in [-0.4, -0.2) is 13.2 Å². The van der Waals surface area contributed by atoms with Gasteiger partial charge in [0.05, 0.1) is 6.61 Å². The monoisotopic (exact) mass is 233 g/mol. The molecule has 2 heteroatoms. The predicted octanol–water partition coefficient (Wildman–Crippen LogP) is 3.31. The lowest BCUT2D eigenvalue weighted by Gasteiger charge is -2.07. The third-order valence-corrected chi connectivity index (χ3v) is 2.65. The Bertz CT molecular complexity index is 322. The van der Waals surface area contributed by atoms with E-state index in [1.807, 2.05) is 18.2 Å². The molecule has 0 heterocycles. The number of ether oxygens (including phenoxy) is 1. The summed E-state index contributed by atoms with van der Waals surface area (Å²) in [4.78, 5) is 0. The lowest BCUT2D eigenvalue weighted by atomic mass is 10.1. The second kappa shape index (κ2) is 8.82. The van der Waals surface area contributed by atoms with Crippen LogP contribution in [0.1, 0.15) is 31.2 Å². The van der Waals surface area contributed by atoms with Crippen LogP contribution in [0, 0.1) is 0 Å². The number of allylic oxidation sites excluding steroid dienone is 1. The first-order valence-electron chi connectivity index (χ1n) is 6.39. The van der Waals surface area contributed by atoms with Gasteiger partial charge in [0, 0.05) is 0 Å². The summed E-state index contributed by atoms with van der Waals surface area (Å²) in [5.41, 5.74) is 6.78. The van der Waals surface area contributed by atoms with E-state index in [-0.39, 0.29) is 0 Å². The Balaban J connectivity index is 2.21. The van der Waals surface area contributed by atoms with E-state index in [0.717, 1.165) is 31.6 Å². The maximum absolute atomic E-state index is 5.71. The number of rotatable bonds is 9. The van der Waals surface area contributed by atoms with E-state index in [2.05, 4.69) is 18.7 Å². The highest BCUT2D eigenvalue weighted by Gasteiger charge is 1.96. The molecule has 1 aromatic carbocycles. The van der Waals surface area contributed by atoms with Gasteiger partial charge in [-0.2, -0.15) is 0 Å². The van der Waals surface area contributed by atoms with Gasteiger partial charge in [0.15, 0.2) is 0 Å². The number of nitrogens with two attached hydrogens (primary N) is 1. The normalized spacial score (nSPS) is 10.2. The van der Waals surface area contributed by atoms with Crippen LogP contribution in [-0.2, 0) is 6.42 Å². The van der Waals surface area contributed by atoms with Gasteiger partial charge < -0.3 is 10.5 Å². The van der Waals surface area contributed by atoms with Crippen molar-refractivity contribution in [3.8, 4) is 5.75 Å². The highest BCUT2D eigenvalue weighted by molar-refractivity contribution is 5.28. The Kier molecular flexibility index (Phi) is 7.15. The van der Waals surface area contributed by atoms with Gasteiger partial charge in [-0.1, -0.05) is 18.2 Å². The second-order valence-electron chi connectivity index (χ2n) is 4.17. The topological polar surface area (TPSA) is 35.2 Å². The molecule has 2 nitrogen and oxygen atoms in total. The molecule has 0 radical (unpaired) electrons. The van der Waals surface area contributed by atoms with Crippen LogP contribution in [0.5, 0.6) is 5.75 Å². The van der Waals surface area contributed by atoms with Crippen LogP contribution in [0.3, 0.4) is 0 Å². The Morgan fingerprint density at radius 2 is 2.12 bits per heavy atom. The van der Waals surface area contributed by atoms with Gasteiger partial charge >= 0.3 is 0 Å². The average molecular weight is 233 g/mol. The lowest BCUT2D eigenvalue weighted by molar-refractivity contribution is 0.305. The van der Waals surface area contributed by atoms with E-state index < -0.39 is 0 Å². The largest absolute Gasteiger partial charge is 0.494 e. The zero-order chi connectivity index (χ0) is 12.3. The van der Waals surface area contributed by atoms with Gasteiger partial charge in [-0.05, 0) is 56.3 Å². The molecule has 0 amide bonds. The molecule has 0 fully saturated rings. The van der Waals surface area contributed by atoms with Gasteiger partial charge in [0.1, 0.15) is 5.75 Å². The first-order chi connectivity index (χ1) is 8.36. The number of unbranched alkanes of at least 4 members (excludes halogenated alkanes) is 3. The zero-order valence-corrected chi connectivity index (χ0v) is 10.5. The first kappa shape index (κ1) is 13.8. The molecule has 1 rings (SSSR count). The Morgan fingerprint density at radius 1 is 1.24 bits per heavy atom. The smallest absolute Gasteiger partial charge is 0.119 e.